The van der Waals surface area contributed by atoms with Crippen molar-refractivity contribution in [3.8, 4) is 11.5 Å². The topological polar surface area (TPSA) is 46.5 Å². The molecule has 1 aromatic rings. The van der Waals surface area contributed by atoms with Crippen LogP contribution >= 0.6 is 0 Å². The third-order valence-electron chi connectivity index (χ3n) is 1.04. The van der Waals surface area contributed by atoms with Gasteiger partial charge in [0.05, 0.1) is 0 Å². The molecule has 0 aliphatic carbocycles. The Morgan fingerprint density at radius 1 is 1.45 bits per heavy atom. The summed E-state index contributed by atoms with van der Waals surface area (Å²) in [5.74, 6) is -0.943. The number of rotatable bonds is 2. The van der Waals surface area contributed by atoms with Crippen LogP contribution in [0.4, 0.5) is 4.39 Å². The average molecular weight is 156 g/mol. The second-order valence-electron chi connectivity index (χ2n) is 1.86. The second kappa shape index (κ2) is 3.01. The normalized spacial score (nSPS) is 9.18. The largest absolute Gasteiger partial charge is 0.508 e. The summed E-state index contributed by atoms with van der Waals surface area (Å²) in [4.78, 5) is 9.77. The lowest BCUT2D eigenvalue weighted by Gasteiger charge is -1.97. The number of aromatic hydroxyl groups is 1. The fraction of sp³-hybridized carbons (Fsp3) is 0. The number of benzene rings is 1. The van der Waals surface area contributed by atoms with Gasteiger partial charge in [0.25, 0.3) is 6.47 Å². The Morgan fingerprint density at radius 2 is 2.18 bits per heavy atom. The first-order valence-corrected chi connectivity index (χ1v) is 2.82. The lowest BCUT2D eigenvalue weighted by atomic mass is 10.3. The van der Waals surface area contributed by atoms with Crippen molar-refractivity contribution in [1.29, 1.82) is 0 Å². The zero-order valence-corrected chi connectivity index (χ0v) is 5.45. The molecule has 4 heteroatoms. The van der Waals surface area contributed by atoms with Gasteiger partial charge in [0, 0.05) is 18.2 Å². The molecule has 1 rings (SSSR count). The van der Waals surface area contributed by atoms with Crippen LogP contribution in [0.1, 0.15) is 0 Å². The molecule has 0 saturated heterocycles. The van der Waals surface area contributed by atoms with E-state index in [9.17, 15) is 9.18 Å². The molecule has 0 amide bonds. The highest BCUT2D eigenvalue weighted by molar-refractivity contribution is 5.46. The zero-order chi connectivity index (χ0) is 8.27. The molecule has 0 aliphatic heterocycles. The smallest absolute Gasteiger partial charge is 0.298 e. The van der Waals surface area contributed by atoms with E-state index in [2.05, 4.69) is 4.74 Å². The number of phenols is 1. The number of phenolic OH excluding ortho intramolecular Hbond substituents is 1. The summed E-state index contributed by atoms with van der Waals surface area (Å²) in [5, 5.41) is 8.78. The fourth-order valence-corrected chi connectivity index (χ4v) is 0.672. The van der Waals surface area contributed by atoms with Gasteiger partial charge in [-0.2, -0.15) is 0 Å². The Hall–Kier alpha value is -1.58. The number of ether oxygens (including phenoxy) is 1. The number of hydrogen-bond donors (Lipinski definition) is 1. The van der Waals surface area contributed by atoms with E-state index in [0.29, 0.717) is 0 Å². The van der Waals surface area contributed by atoms with E-state index < -0.39 is 5.82 Å². The van der Waals surface area contributed by atoms with Gasteiger partial charge in [0.15, 0.2) is 0 Å². The number of carbonyl (C=O) groups is 1. The summed E-state index contributed by atoms with van der Waals surface area (Å²) >= 11 is 0. The van der Waals surface area contributed by atoms with Crippen molar-refractivity contribution in [3.63, 3.8) is 0 Å². The van der Waals surface area contributed by atoms with Crippen LogP contribution in [-0.2, 0) is 4.79 Å². The molecule has 0 bridgehead atoms. The molecule has 1 aromatic carbocycles. The van der Waals surface area contributed by atoms with Crippen LogP contribution < -0.4 is 4.74 Å². The monoisotopic (exact) mass is 156 g/mol. The van der Waals surface area contributed by atoms with Gasteiger partial charge in [0.1, 0.15) is 17.3 Å². The van der Waals surface area contributed by atoms with Crippen molar-refractivity contribution in [1.82, 2.24) is 0 Å². The van der Waals surface area contributed by atoms with Gasteiger partial charge < -0.3 is 9.84 Å². The Balaban J connectivity index is 2.98. The van der Waals surface area contributed by atoms with Gasteiger partial charge in [-0.1, -0.05) is 0 Å². The van der Waals surface area contributed by atoms with Gasteiger partial charge in [0.2, 0.25) is 0 Å². The molecular formula is C7H5FO3. The highest BCUT2D eigenvalue weighted by Crippen LogP contribution is 2.19. The molecule has 0 aliphatic rings. The SMILES string of the molecule is O=COc1cc(O)cc(F)c1. The number of hydrogen-bond acceptors (Lipinski definition) is 3. The van der Waals surface area contributed by atoms with Crippen molar-refractivity contribution < 1.29 is 19.0 Å². The summed E-state index contributed by atoms with van der Waals surface area (Å²) in [6.07, 6.45) is 0. The Kier molecular flexibility index (Phi) is 2.06. The quantitative estimate of drug-likeness (QED) is 0.651. The number of halogens is 1. The van der Waals surface area contributed by atoms with Gasteiger partial charge >= 0.3 is 0 Å². The molecule has 11 heavy (non-hydrogen) atoms. The summed E-state index contributed by atoms with van der Waals surface area (Å²) in [7, 11) is 0. The van der Waals surface area contributed by atoms with E-state index in [-0.39, 0.29) is 18.0 Å². The van der Waals surface area contributed by atoms with Crippen molar-refractivity contribution >= 4 is 6.47 Å². The van der Waals surface area contributed by atoms with Gasteiger partial charge in [-0.15, -0.1) is 0 Å². The minimum Gasteiger partial charge on any atom is -0.508 e. The summed E-state index contributed by atoms with van der Waals surface area (Å²) in [6, 6.07) is 3.04. The van der Waals surface area contributed by atoms with Crippen LogP contribution in [0.25, 0.3) is 0 Å². The van der Waals surface area contributed by atoms with Crippen molar-refractivity contribution in [3.05, 3.63) is 24.0 Å². The molecule has 0 aromatic heterocycles. The van der Waals surface area contributed by atoms with E-state index >= 15 is 0 Å². The maximum atomic E-state index is 12.4. The molecule has 1 N–H and O–H groups in total. The lowest BCUT2D eigenvalue weighted by molar-refractivity contribution is -0.120. The predicted octanol–water partition coefficient (Wildman–Crippen LogP) is 1.07. The van der Waals surface area contributed by atoms with E-state index in [1.807, 2.05) is 0 Å². The summed E-state index contributed by atoms with van der Waals surface area (Å²) in [5.41, 5.74) is 0. The Labute approximate surface area is 62.0 Å². The molecule has 0 heterocycles. The number of carbonyl (C=O) groups excluding carboxylic acids is 1. The molecule has 0 saturated carbocycles. The maximum Gasteiger partial charge on any atom is 0.298 e. The minimum atomic E-state index is -0.651. The first-order chi connectivity index (χ1) is 5.22. The van der Waals surface area contributed by atoms with Crippen LogP contribution in [0.15, 0.2) is 18.2 Å². The van der Waals surface area contributed by atoms with Gasteiger partial charge in [-0.25, -0.2) is 4.39 Å². The summed E-state index contributed by atoms with van der Waals surface area (Å²) < 4.78 is 16.7. The molecule has 0 radical (unpaired) electrons. The maximum absolute atomic E-state index is 12.4. The molecule has 3 nitrogen and oxygen atoms in total. The van der Waals surface area contributed by atoms with Gasteiger partial charge in [-0.3, -0.25) is 4.79 Å². The first kappa shape index (κ1) is 7.53. The predicted molar refractivity (Wildman–Crippen MR) is 34.8 cm³/mol. The van der Waals surface area contributed by atoms with Gasteiger partial charge in [-0.05, 0) is 0 Å². The van der Waals surface area contributed by atoms with Crippen LogP contribution in [0, 0.1) is 5.82 Å². The Bertz CT molecular complexity index is 252. The van der Waals surface area contributed by atoms with Crippen LogP contribution in [0.5, 0.6) is 11.5 Å². The van der Waals surface area contributed by atoms with E-state index in [1.165, 1.54) is 0 Å². The third-order valence-corrected chi connectivity index (χ3v) is 1.04. The van der Waals surface area contributed by atoms with Crippen LogP contribution in [0.2, 0.25) is 0 Å². The standard InChI is InChI=1S/C7H5FO3/c8-5-1-6(10)3-7(2-5)11-4-9/h1-4,10H. The highest BCUT2D eigenvalue weighted by atomic mass is 19.1. The second-order valence-corrected chi connectivity index (χ2v) is 1.86. The third kappa shape index (κ3) is 1.93. The van der Waals surface area contributed by atoms with Crippen molar-refractivity contribution in [2.45, 2.75) is 0 Å². The van der Waals surface area contributed by atoms with E-state index in [4.69, 9.17) is 5.11 Å². The molecule has 58 valence electrons. The molecular weight excluding hydrogens is 151 g/mol. The van der Waals surface area contributed by atoms with Crippen molar-refractivity contribution in [2.24, 2.45) is 0 Å². The first-order valence-electron chi connectivity index (χ1n) is 2.82. The van der Waals surface area contributed by atoms with Crippen molar-refractivity contribution in [2.75, 3.05) is 0 Å². The average Bonchev–Trinajstić information content (AvgIpc) is 1.85. The highest BCUT2D eigenvalue weighted by Gasteiger charge is 1.98. The van der Waals surface area contributed by atoms with Crippen LogP contribution in [-0.4, -0.2) is 11.6 Å². The van der Waals surface area contributed by atoms with Crippen LogP contribution in [0.3, 0.4) is 0 Å². The van der Waals surface area contributed by atoms with E-state index in [1.54, 1.807) is 0 Å². The zero-order valence-electron chi connectivity index (χ0n) is 5.45. The lowest BCUT2D eigenvalue weighted by Crippen LogP contribution is -1.88. The fourth-order valence-electron chi connectivity index (χ4n) is 0.672. The molecule has 0 spiro atoms. The Morgan fingerprint density at radius 3 is 2.73 bits per heavy atom. The summed E-state index contributed by atoms with van der Waals surface area (Å²) in [6.45, 7) is 0.161. The minimum absolute atomic E-state index is 0.0162. The molecule has 0 atom stereocenters. The molecule has 0 fully saturated rings. The molecule has 0 unspecified atom stereocenters. The van der Waals surface area contributed by atoms with E-state index in [0.717, 1.165) is 18.2 Å².